The van der Waals surface area contributed by atoms with Gasteiger partial charge in [-0.2, -0.15) is 4.98 Å². The highest BCUT2D eigenvalue weighted by Gasteiger charge is 2.14. The van der Waals surface area contributed by atoms with E-state index in [1.807, 2.05) is 24.1 Å². The molecule has 7 heteroatoms. The molecule has 0 unspecified atom stereocenters. The van der Waals surface area contributed by atoms with Crippen molar-refractivity contribution >= 4 is 0 Å². The first-order valence-electron chi connectivity index (χ1n) is 8.07. The molecule has 0 bridgehead atoms. The number of methoxy groups -OCH3 is 2. The van der Waals surface area contributed by atoms with Gasteiger partial charge < -0.3 is 14.0 Å². The van der Waals surface area contributed by atoms with Crippen molar-refractivity contribution in [3.63, 3.8) is 0 Å². The monoisotopic (exact) mass is 357 g/mol. The molecule has 0 saturated heterocycles. The van der Waals surface area contributed by atoms with Gasteiger partial charge in [0.2, 0.25) is 11.7 Å². The molecule has 136 valence electrons. The van der Waals surface area contributed by atoms with Crippen molar-refractivity contribution in [3.05, 3.63) is 59.7 Å². The predicted octanol–water partition coefficient (Wildman–Crippen LogP) is 3.52. The fourth-order valence-corrected chi connectivity index (χ4v) is 2.62. The molecular weight excluding hydrogens is 337 g/mol. The Morgan fingerprint density at radius 3 is 2.54 bits per heavy atom. The summed E-state index contributed by atoms with van der Waals surface area (Å²) < 4.78 is 29.6. The summed E-state index contributed by atoms with van der Waals surface area (Å²) in [6.07, 6.45) is 0. The maximum atomic E-state index is 13.7. The molecule has 3 rings (SSSR count). The van der Waals surface area contributed by atoms with E-state index >= 15 is 0 Å². The summed E-state index contributed by atoms with van der Waals surface area (Å²) in [6.45, 7) is 0.857. The molecule has 2 aromatic carbocycles. The van der Waals surface area contributed by atoms with Crippen molar-refractivity contribution < 1.29 is 18.4 Å². The van der Waals surface area contributed by atoms with Gasteiger partial charge in [-0.25, -0.2) is 4.39 Å². The van der Waals surface area contributed by atoms with Crippen LogP contribution in [0, 0.1) is 5.82 Å². The first-order valence-corrected chi connectivity index (χ1v) is 8.07. The lowest BCUT2D eigenvalue weighted by Crippen LogP contribution is -2.18. The summed E-state index contributed by atoms with van der Waals surface area (Å²) in [5, 5.41) is 4.01. The van der Waals surface area contributed by atoms with E-state index in [0.717, 1.165) is 5.56 Å². The highest BCUT2D eigenvalue weighted by atomic mass is 19.1. The van der Waals surface area contributed by atoms with E-state index in [1.165, 1.54) is 6.07 Å². The van der Waals surface area contributed by atoms with Gasteiger partial charge in [0.15, 0.2) is 11.5 Å². The number of hydrogen-bond donors (Lipinski definition) is 0. The maximum Gasteiger partial charge on any atom is 0.241 e. The Morgan fingerprint density at radius 2 is 1.81 bits per heavy atom. The van der Waals surface area contributed by atoms with Crippen LogP contribution in [-0.2, 0) is 13.1 Å². The van der Waals surface area contributed by atoms with Crippen molar-refractivity contribution in [2.45, 2.75) is 13.1 Å². The minimum atomic E-state index is -0.226. The third-order valence-electron chi connectivity index (χ3n) is 3.91. The van der Waals surface area contributed by atoms with Crippen LogP contribution in [0.2, 0.25) is 0 Å². The number of rotatable bonds is 7. The molecule has 3 aromatic rings. The third-order valence-corrected chi connectivity index (χ3v) is 3.91. The van der Waals surface area contributed by atoms with Crippen LogP contribution in [0.1, 0.15) is 11.5 Å². The van der Waals surface area contributed by atoms with Crippen molar-refractivity contribution in [2.24, 2.45) is 0 Å². The number of ether oxygens (including phenoxy) is 2. The van der Waals surface area contributed by atoms with Gasteiger partial charge in [-0.05, 0) is 31.3 Å². The van der Waals surface area contributed by atoms with E-state index in [9.17, 15) is 4.39 Å². The number of halogens is 1. The Balaban J connectivity index is 1.71. The molecule has 0 aliphatic rings. The van der Waals surface area contributed by atoms with Crippen LogP contribution in [0.3, 0.4) is 0 Å². The second-order valence-corrected chi connectivity index (χ2v) is 5.85. The molecule has 1 heterocycles. The number of benzene rings is 2. The van der Waals surface area contributed by atoms with Crippen LogP contribution >= 0.6 is 0 Å². The second kappa shape index (κ2) is 7.97. The van der Waals surface area contributed by atoms with Gasteiger partial charge in [0.05, 0.1) is 20.8 Å². The molecular formula is C19H20FN3O3. The molecule has 0 spiro atoms. The summed E-state index contributed by atoms with van der Waals surface area (Å²) in [5.74, 6) is 1.90. The van der Waals surface area contributed by atoms with Crippen molar-refractivity contribution in [1.29, 1.82) is 0 Å². The molecule has 26 heavy (non-hydrogen) atoms. The molecule has 0 aliphatic heterocycles. The fourth-order valence-electron chi connectivity index (χ4n) is 2.62. The van der Waals surface area contributed by atoms with E-state index < -0.39 is 0 Å². The van der Waals surface area contributed by atoms with Crippen molar-refractivity contribution in [1.82, 2.24) is 15.0 Å². The van der Waals surface area contributed by atoms with Gasteiger partial charge in [0.25, 0.3) is 0 Å². The smallest absolute Gasteiger partial charge is 0.241 e. The lowest BCUT2D eigenvalue weighted by Gasteiger charge is -2.14. The summed E-state index contributed by atoms with van der Waals surface area (Å²) >= 11 is 0. The van der Waals surface area contributed by atoms with Crippen LogP contribution < -0.4 is 9.47 Å². The van der Waals surface area contributed by atoms with Crippen LogP contribution in [0.5, 0.6) is 11.5 Å². The van der Waals surface area contributed by atoms with Crippen LogP contribution in [0.4, 0.5) is 4.39 Å². The topological polar surface area (TPSA) is 60.6 Å². The molecule has 0 saturated carbocycles. The molecule has 0 N–H and O–H groups in total. The number of aromatic nitrogens is 2. The number of hydrogen-bond acceptors (Lipinski definition) is 6. The molecule has 1 aromatic heterocycles. The van der Waals surface area contributed by atoms with Crippen LogP contribution in [0.25, 0.3) is 11.4 Å². The lowest BCUT2D eigenvalue weighted by atomic mass is 10.2. The van der Waals surface area contributed by atoms with E-state index in [0.29, 0.717) is 41.9 Å². The van der Waals surface area contributed by atoms with E-state index in [4.69, 9.17) is 14.0 Å². The normalized spacial score (nSPS) is 11.0. The zero-order chi connectivity index (χ0) is 18.5. The predicted molar refractivity (Wildman–Crippen MR) is 94.4 cm³/mol. The summed E-state index contributed by atoms with van der Waals surface area (Å²) in [7, 11) is 5.02. The van der Waals surface area contributed by atoms with Gasteiger partial charge in [0.1, 0.15) is 5.82 Å². The van der Waals surface area contributed by atoms with Gasteiger partial charge in [0, 0.05) is 17.7 Å². The van der Waals surface area contributed by atoms with E-state index in [1.54, 1.807) is 38.5 Å². The Bertz CT molecular complexity index is 882. The maximum absolute atomic E-state index is 13.7. The number of nitrogens with zero attached hydrogens (tertiary/aromatic N) is 3. The van der Waals surface area contributed by atoms with Crippen molar-refractivity contribution in [3.8, 4) is 22.9 Å². The summed E-state index contributed by atoms with van der Waals surface area (Å²) in [4.78, 5) is 6.31. The Labute approximate surface area is 151 Å². The zero-order valence-corrected chi connectivity index (χ0v) is 14.9. The van der Waals surface area contributed by atoms with Crippen LogP contribution in [0.15, 0.2) is 47.0 Å². The molecule has 0 aliphatic carbocycles. The first kappa shape index (κ1) is 17.9. The quantitative estimate of drug-likeness (QED) is 0.645. The average Bonchev–Trinajstić information content (AvgIpc) is 3.11. The lowest BCUT2D eigenvalue weighted by molar-refractivity contribution is 0.258. The van der Waals surface area contributed by atoms with E-state index in [-0.39, 0.29) is 5.82 Å². The SMILES string of the molecule is COc1ccc(-c2noc(CN(C)Cc3ccccc3F)n2)cc1OC. The third kappa shape index (κ3) is 4.00. The Kier molecular flexibility index (Phi) is 5.48. The molecule has 0 atom stereocenters. The fraction of sp³-hybridized carbons (Fsp3) is 0.263. The molecule has 6 nitrogen and oxygen atoms in total. The zero-order valence-electron chi connectivity index (χ0n) is 14.9. The van der Waals surface area contributed by atoms with Crippen LogP contribution in [-0.4, -0.2) is 36.3 Å². The highest BCUT2D eigenvalue weighted by Crippen LogP contribution is 2.31. The molecule has 0 radical (unpaired) electrons. The van der Waals surface area contributed by atoms with Gasteiger partial charge >= 0.3 is 0 Å². The second-order valence-electron chi connectivity index (χ2n) is 5.85. The Morgan fingerprint density at radius 1 is 1.04 bits per heavy atom. The highest BCUT2D eigenvalue weighted by molar-refractivity contribution is 5.60. The summed E-state index contributed by atoms with van der Waals surface area (Å²) in [6, 6.07) is 12.1. The molecule has 0 amide bonds. The van der Waals surface area contributed by atoms with Gasteiger partial charge in [-0.1, -0.05) is 23.4 Å². The van der Waals surface area contributed by atoms with Crippen molar-refractivity contribution in [2.75, 3.05) is 21.3 Å². The summed E-state index contributed by atoms with van der Waals surface area (Å²) in [5.41, 5.74) is 1.38. The standard InChI is InChI=1S/C19H20FN3O3/c1-23(11-14-6-4-5-7-15(14)20)12-18-21-19(22-26-18)13-8-9-16(24-2)17(10-13)25-3/h4-10H,11-12H2,1-3H3. The minimum Gasteiger partial charge on any atom is -0.493 e. The largest absolute Gasteiger partial charge is 0.493 e. The van der Waals surface area contributed by atoms with Gasteiger partial charge in [-0.15, -0.1) is 0 Å². The first-order chi connectivity index (χ1) is 12.6. The molecule has 0 fully saturated rings. The Hall–Kier alpha value is -2.93. The minimum absolute atomic E-state index is 0.226. The average molecular weight is 357 g/mol. The van der Waals surface area contributed by atoms with E-state index in [2.05, 4.69) is 10.1 Å². The van der Waals surface area contributed by atoms with Gasteiger partial charge in [-0.3, -0.25) is 4.90 Å².